The summed E-state index contributed by atoms with van der Waals surface area (Å²) in [5.74, 6) is 0.533. The van der Waals surface area contributed by atoms with E-state index in [0.717, 1.165) is 0 Å². The molecule has 1 aliphatic rings. The second-order valence-corrected chi connectivity index (χ2v) is 3.24. The molecule has 2 N–H and O–H groups in total. The van der Waals surface area contributed by atoms with Gasteiger partial charge in [0, 0.05) is 12.1 Å². The largest absolute Gasteiger partial charge is 0.484 e. The smallest absolute Gasteiger partial charge is 0.271 e. The van der Waals surface area contributed by atoms with Crippen molar-refractivity contribution >= 4 is 11.4 Å². The fourth-order valence-electron chi connectivity index (χ4n) is 1.42. The standard InChI is InChI=1S/C9H10N2O4/c12-5-7-4-10-8-3-6(11(13)14)1-2-9(8)15-7/h1-3,7,10,12H,4-5H2/t7-/m1/s1. The number of non-ortho nitro benzene ring substituents is 1. The van der Waals surface area contributed by atoms with Crippen molar-refractivity contribution < 1.29 is 14.8 Å². The third kappa shape index (κ3) is 1.84. The molecule has 0 radical (unpaired) electrons. The van der Waals surface area contributed by atoms with Gasteiger partial charge in [-0.25, -0.2) is 0 Å². The number of benzene rings is 1. The molecule has 1 heterocycles. The first-order chi connectivity index (χ1) is 7.20. The molecule has 0 aromatic heterocycles. The minimum atomic E-state index is -0.458. The highest BCUT2D eigenvalue weighted by atomic mass is 16.6. The number of aliphatic hydroxyl groups is 1. The van der Waals surface area contributed by atoms with E-state index in [1.54, 1.807) is 0 Å². The van der Waals surface area contributed by atoms with Gasteiger partial charge in [0.05, 0.1) is 23.8 Å². The van der Waals surface area contributed by atoms with E-state index in [-0.39, 0.29) is 18.4 Å². The number of nitrogens with one attached hydrogen (secondary N) is 1. The van der Waals surface area contributed by atoms with Crippen LogP contribution in [0.1, 0.15) is 0 Å². The summed E-state index contributed by atoms with van der Waals surface area (Å²) in [6.45, 7) is 0.369. The lowest BCUT2D eigenvalue weighted by atomic mass is 10.2. The first kappa shape index (κ1) is 9.72. The second-order valence-electron chi connectivity index (χ2n) is 3.24. The van der Waals surface area contributed by atoms with E-state index in [0.29, 0.717) is 18.0 Å². The zero-order valence-electron chi connectivity index (χ0n) is 7.84. The van der Waals surface area contributed by atoms with Crippen molar-refractivity contribution in [1.82, 2.24) is 0 Å². The van der Waals surface area contributed by atoms with Gasteiger partial charge in [-0.3, -0.25) is 10.1 Å². The Hall–Kier alpha value is -1.82. The molecule has 1 aromatic rings. The van der Waals surface area contributed by atoms with Gasteiger partial charge in [-0.05, 0) is 6.07 Å². The summed E-state index contributed by atoms with van der Waals surface area (Å²) in [4.78, 5) is 10.0. The average Bonchev–Trinajstić information content (AvgIpc) is 2.27. The number of anilines is 1. The molecule has 1 aliphatic heterocycles. The van der Waals surface area contributed by atoms with Crippen molar-refractivity contribution in [3.8, 4) is 5.75 Å². The first-order valence-corrected chi connectivity index (χ1v) is 4.50. The van der Waals surface area contributed by atoms with Crippen LogP contribution in [0.5, 0.6) is 5.75 Å². The van der Waals surface area contributed by atoms with Crippen LogP contribution in [0, 0.1) is 10.1 Å². The van der Waals surface area contributed by atoms with Crippen LogP contribution in [-0.2, 0) is 0 Å². The lowest BCUT2D eigenvalue weighted by molar-refractivity contribution is -0.384. The molecule has 1 aromatic carbocycles. The third-order valence-electron chi connectivity index (χ3n) is 2.19. The summed E-state index contributed by atoms with van der Waals surface area (Å²) in [6, 6.07) is 4.32. The van der Waals surface area contributed by atoms with Gasteiger partial charge >= 0.3 is 0 Å². The summed E-state index contributed by atoms with van der Waals surface area (Å²) < 4.78 is 5.38. The van der Waals surface area contributed by atoms with Crippen molar-refractivity contribution in [3.05, 3.63) is 28.3 Å². The Bertz CT molecular complexity index is 394. The van der Waals surface area contributed by atoms with Crippen molar-refractivity contribution in [2.45, 2.75) is 6.10 Å². The highest BCUT2D eigenvalue weighted by molar-refractivity contribution is 5.62. The summed E-state index contributed by atoms with van der Waals surface area (Å²) in [6.07, 6.45) is -0.293. The number of nitro benzene ring substituents is 1. The molecule has 0 spiro atoms. The molecule has 6 nitrogen and oxygen atoms in total. The molecule has 1 atom stereocenters. The molecule has 0 aliphatic carbocycles. The molecule has 6 heteroatoms. The number of aliphatic hydroxyl groups excluding tert-OH is 1. The van der Waals surface area contributed by atoms with E-state index >= 15 is 0 Å². The fraction of sp³-hybridized carbons (Fsp3) is 0.333. The highest BCUT2D eigenvalue weighted by Gasteiger charge is 2.20. The number of fused-ring (bicyclic) bond motifs is 1. The van der Waals surface area contributed by atoms with Crippen LogP contribution in [0.25, 0.3) is 0 Å². The number of nitro groups is 1. The van der Waals surface area contributed by atoms with E-state index in [2.05, 4.69) is 5.32 Å². The van der Waals surface area contributed by atoms with Gasteiger partial charge in [-0.15, -0.1) is 0 Å². The van der Waals surface area contributed by atoms with E-state index in [9.17, 15) is 10.1 Å². The molecule has 0 bridgehead atoms. The van der Waals surface area contributed by atoms with Crippen LogP contribution in [0.15, 0.2) is 18.2 Å². The molecule has 0 unspecified atom stereocenters. The summed E-state index contributed by atoms with van der Waals surface area (Å²) in [5, 5.41) is 22.4. The van der Waals surface area contributed by atoms with Gasteiger partial charge in [-0.1, -0.05) is 0 Å². The number of ether oxygens (including phenoxy) is 1. The summed E-state index contributed by atoms with van der Waals surface area (Å²) >= 11 is 0. The Morgan fingerprint density at radius 2 is 2.47 bits per heavy atom. The van der Waals surface area contributed by atoms with Crippen molar-refractivity contribution in [2.75, 3.05) is 18.5 Å². The van der Waals surface area contributed by atoms with Crippen LogP contribution < -0.4 is 10.1 Å². The van der Waals surface area contributed by atoms with E-state index < -0.39 is 4.92 Å². The average molecular weight is 210 g/mol. The predicted molar refractivity (Wildman–Crippen MR) is 53.1 cm³/mol. The minimum Gasteiger partial charge on any atom is -0.484 e. The molecule has 15 heavy (non-hydrogen) atoms. The van der Waals surface area contributed by atoms with E-state index in [1.807, 2.05) is 0 Å². The second kappa shape index (κ2) is 3.74. The van der Waals surface area contributed by atoms with Gasteiger partial charge in [0.2, 0.25) is 0 Å². The maximum Gasteiger partial charge on any atom is 0.271 e. The quantitative estimate of drug-likeness (QED) is 0.556. The molecule has 80 valence electrons. The molecule has 0 saturated heterocycles. The van der Waals surface area contributed by atoms with Gasteiger partial charge in [0.1, 0.15) is 11.9 Å². The van der Waals surface area contributed by atoms with Crippen molar-refractivity contribution in [3.63, 3.8) is 0 Å². The summed E-state index contributed by atoms with van der Waals surface area (Å²) in [5.41, 5.74) is 0.612. The number of hydrogen-bond donors (Lipinski definition) is 2. The molecule has 0 amide bonds. The van der Waals surface area contributed by atoms with E-state index in [4.69, 9.17) is 9.84 Å². The maximum absolute atomic E-state index is 10.5. The zero-order chi connectivity index (χ0) is 10.8. The minimum absolute atomic E-state index is 0.0206. The van der Waals surface area contributed by atoms with E-state index in [1.165, 1.54) is 18.2 Å². The van der Waals surface area contributed by atoms with Gasteiger partial charge in [0.25, 0.3) is 5.69 Å². The fourth-order valence-corrected chi connectivity index (χ4v) is 1.42. The Kier molecular flexibility index (Phi) is 2.42. The van der Waals surface area contributed by atoms with Crippen LogP contribution in [-0.4, -0.2) is 29.3 Å². The van der Waals surface area contributed by atoms with Crippen molar-refractivity contribution in [1.29, 1.82) is 0 Å². The van der Waals surface area contributed by atoms with Gasteiger partial charge in [-0.2, -0.15) is 0 Å². The third-order valence-corrected chi connectivity index (χ3v) is 2.19. The highest BCUT2D eigenvalue weighted by Crippen LogP contribution is 2.32. The van der Waals surface area contributed by atoms with Crippen LogP contribution in [0.4, 0.5) is 11.4 Å². The Labute approximate surface area is 85.6 Å². The van der Waals surface area contributed by atoms with Crippen molar-refractivity contribution in [2.24, 2.45) is 0 Å². The molecular weight excluding hydrogens is 200 g/mol. The van der Waals surface area contributed by atoms with Crippen LogP contribution >= 0.6 is 0 Å². The SMILES string of the molecule is O=[N+]([O-])c1ccc2c(c1)NC[C@H](CO)O2. The molecule has 0 fully saturated rings. The summed E-state index contributed by atoms with van der Waals surface area (Å²) in [7, 11) is 0. The normalized spacial score (nSPS) is 18.6. The molecular formula is C9H10N2O4. The molecule has 0 saturated carbocycles. The lowest BCUT2D eigenvalue weighted by Crippen LogP contribution is -2.33. The Morgan fingerprint density at radius 3 is 3.13 bits per heavy atom. The van der Waals surface area contributed by atoms with Crippen LogP contribution in [0.3, 0.4) is 0 Å². The topological polar surface area (TPSA) is 84.6 Å². The zero-order valence-corrected chi connectivity index (χ0v) is 7.84. The number of hydrogen-bond acceptors (Lipinski definition) is 5. The lowest BCUT2D eigenvalue weighted by Gasteiger charge is -2.25. The predicted octanol–water partition coefficient (Wildman–Crippen LogP) is 0.760. The van der Waals surface area contributed by atoms with Gasteiger partial charge < -0.3 is 15.2 Å². The monoisotopic (exact) mass is 210 g/mol. The van der Waals surface area contributed by atoms with Crippen LogP contribution in [0.2, 0.25) is 0 Å². The maximum atomic E-state index is 10.5. The Balaban J connectivity index is 2.28. The first-order valence-electron chi connectivity index (χ1n) is 4.50. The number of nitrogens with zero attached hydrogens (tertiary/aromatic N) is 1. The Morgan fingerprint density at radius 1 is 1.67 bits per heavy atom. The number of rotatable bonds is 2. The van der Waals surface area contributed by atoms with Gasteiger partial charge in [0.15, 0.2) is 0 Å². The molecule has 2 rings (SSSR count).